The van der Waals surface area contributed by atoms with Crippen molar-refractivity contribution < 1.29 is 9.59 Å². The Bertz CT molecular complexity index is 885. The van der Waals surface area contributed by atoms with E-state index in [2.05, 4.69) is 10.4 Å². The van der Waals surface area contributed by atoms with Crippen LogP contribution in [0.5, 0.6) is 0 Å². The van der Waals surface area contributed by atoms with E-state index in [1.807, 2.05) is 55.2 Å². The Labute approximate surface area is 183 Å². The van der Waals surface area contributed by atoms with Gasteiger partial charge in [-0.2, -0.15) is 5.10 Å². The summed E-state index contributed by atoms with van der Waals surface area (Å²) in [6.07, 6.45) is 4.31. The number of nitrogens with zero attached hydrogens (tertiary/aromatic N) is 4. The Hall–Kier alpha value is -2.38. The molecule has 1 aromatic heterocycles. The number of halogens is 1. The number of aryl methyl sites for hydroxylation is 1. The first-order chi connectivity index (χ1) is 14.3. The molecule has 0 saturated carbocycles. The zero-order chi connectivity index (χ0) is 21.8. The molecule has 1 atom stereocenters. The van der Waals surface area contributed by atoms with Gasteiger partial charge < -0.3 is 10.2 Å². The van der Waals surface area contributed by atoms with Gasteiger partial charge in [0.05, 0.1) is 11.3 Å². The first-order valence-electron chi connectivity index (χ1n) is 10.3. The van der Waals surface area contributed by atoms with Crippen LogP contribution in [0.25, 0.3) is 0 Å². The van der Waals surface area contributed by atoms with Crippen LogP contribution < -0.4 is 5.32 Å². The molecule has 1 fully saturated rings. The maximum atomic E-state index is 13.3. The molecular weight excluding hydrogens is 402 g/mol. The van der Waals surface area contributed by atoms with E-state index >= 15 is 0 Å². The van der Waals surface area contributed by atoms with Crippen LogP contribution in [0.2, 0.25) is 5.02 Å². The first kappa shape index (κ1) is 22.3. The van der Waals surface area contributed by atoms with E-state index in [4.69, 9.17) is 11.6 Å². The predicted octanol–water partition coefficient (Wildman–Crippen LogP) is 2.52. The van der Waals surface area contributed by atoms with Crippen molar-refractivity contribution in [2.75, 3.05) is 34.2 Å². The number of amides is 2. The number of benzene rings is 1. The number of hydrogen-bond acceptors (Lipinski definition) is 4. The van der Waals surface area contributed by atoms with Gasteiger partial charge in [-0.15, -0.1) is 0 Å². The molecule has 1 aliphatic heterocycles. The lowest BCUT2D eigenvalue weighted by molar-refractivity contribution is -0.137. The van der Waals surface area contributed by atoms with E-state index in [1.54, 1.807) is 17.9 Å². The molecule has 1 unspecified atom stereocenters. The molecular formula is C22H30ClN5O2. The van der Waals surface area contributed by atoms with Crippen molar-refractivity contribution in [3.8, 4) is 0 Å². The summed E-state index contributed by atoms with van der Waals surface area (Å²) in [7, 11) is 7.30. The largest absolute Gasteiger partial charge is 0.355 e. The zero-order valence-electron chi connectivity index (χ0n) is 18.1. The van der Waals surface area contributed by atoms with Crippen LogP contribution in [0.3, 0.4) is 0 Å². The van der Waals surface area contributed by atoms with Crippen molar-refractivity contribution in [2.24, 2.45) is 13.0 Å². The summed E-state index contributed by atoms with van der Waals surface area (Å²) in [6, 6.07) is 7.15. The fourth-order valence-corrected chi connectivity index (χ4v) is 4.25. The van der Waals surface area contributed by atoms with Crippen LogP contribution in [0.4, 0.5) is 0 Å². The monoisotopic (exact) mass is 431 g/mol. The Morgan fingerprint density at radius 2 is 1.87 bits per heavy atom. The number of aromatic nitrogens is 2. The number of piperidine rings is 1. The number of hydrogen-bond donors (Lipinski definition) is 1. The van der Waals surface area contributed by atoms with Crippen LogP contribution in [-0.2, 0) is 18.3 Å². The molecule has 1 N–H and O–H groups in total. The molecule has 1 aliphatic rings. The molecule has 1 saturated heterocycles. The molecule has 30 heavy (non-hydrogen) atoms. The van der Waals surface area contributed by atoms with Crippen molar-refractivity contribution in [2.45, 2.75) is 25.3 Å². The molecule has 0 spiro atoms. The highest BCUT2D eigenvalue weighted by Crippen LogP contribution is 2.27. The van der Waals surface area contributed by atoms with Gasteiger partial charge in [0, 0.05) is 38.4 Å². The van der Waals surface area contributed by atoms with Crippen molar-refractivity contribution in [1.29, 1.82) is 0 Å². The number of carbonyl (C=O) groups is 2. The molecule has 3 rings (SSSR count). The summed E-state index contributed by atoms with van der Waals surface area (Å²) in [5.41, 5.74) is 2.41. The maximum absolute atomic E-state index is 13.3. The quantitative estimate of drug-likeness (QED) is 0.762. The van der Waals surface area contributed by atoms with Gasteiger partial charge in [-0.1, -0.05) is 23.7 Å². The molecule has 2 aromatic rings. The molecule has 7 nitrogen and oxygen atoms in total. The smallest absolute Gasteiger partial charge is 0.254 e. The summed E-state index contributed by atoms with van der Waals surface area (Å²) in [5, 5.41) is 7.82. The van der Waals surface area contributed by atoms with Gasteiger partial charge in [0.25, 0.3) is 5.91 Å². The zero-order valence-corrected chi connectivity index (χ0v) is 18.8. The van der Waals surface area contributed by atoms with Crippen molar-refractivity contribution in [1.82, 2.24) is 24.9 Å². The van der Waals surface area contributed by atoms with Crippen LogP contribution in [0.1, 0.15) is 40.5 Å². The van der Waals surface area contributed by atoms with Crippen LogP contribution >= 0.6 is 11.6 Å². The van der Waals surface area contributed by atoms with E-state index in [0.29, 0.717) is 29.6 Å². The minimum atomic E-state index is -0.325. The summed E-state index contributed by atoms with van der Waals surface area (Å²) in [5.74, 6) is 0.410. The molecule has 8 heteroatoms. The highest BCUT2D eigenvalue weighted by molar-refractivity contribution is 6.30. The summed E-state index contributed by atoms with van der Waals surface area (Å²) in [6.45, 7) is 1.42. The third kappa shape index (κ3) is 5.02. The average Bonchev–Trinajstić information content (AvgIpc) is 3.09. The standard InChI is InChI=1S/C22H30ClN5O2/c1-24-21(29)18-14-27(4)25-19(18)13-15-9-11-28(12-10-15)22(30)20(26(2)3)16-5-7-17(23)8-6-16/h5-8,14-15,20H,9-13H2,1-4H3,(H,24,29). The van der Waals surface area contributed by atoms with E-state index in [1.165, 1.54) is 0 Å². The number of carbonyl (C=O) groups excluding carboxylic acids is 2. The lowest BCUT2D eigenvalue weighted by Crippen LogP contribution is -2.44. The second-order valence-electron chi connectivity index (χ2n) is 8.13. The van der Waals surface area contributed by atoms with Gasteiger partial charge in [-0.3, -0.25) is 19.2 Å². The minimum absolute atomic E-state index is 0.109. The second-order valence-corrected chi connectivity index (χ2v) is 8.57. The Morgan fingerprint density at radius 1 is 1.23 bits per heavy atom. The maximum Gasteiger partial charge on any atom is 0.254 e. The van der Waals surface area contributed by atoms with Gasteiger partial charge in [-0.05, 0) is 57.0 Å². The number of rotatable bonds is 6. The van der Waals surface area contributed by atoms with Gasteiger partial charge in [0.1, 0.15) is 6.04 Å². The third-order valence-electron chi connectivity index (χ3n) is 5.72. The van der Waals surface area contributed by atoms with Gasteiger partial charge >= 0.3 is 0 Å². The minimum Gasteiger partial charge on any atom is -0.355 e. The third-order valence-corrected chi connectivity index (χ3v) is 5.97. The lowest BCUT2D eigenvalue weighted by atomic mass is 9.90. The highest BCUT2D eigenvalue weighted by atomic mass is 35.5. The molecule has 0 radical (unpaired) electrons. The topological polar surface area (TPSA) is 70.5 Å². The predicted molar refractivity (Wildman–Crippen MR) is 117 cm³/mol. The van der Waals surface area contributed by atoms with Gasteiger partial charge in [0.2, 0.25) is 5.91 Å². The summed E-state index contributed by atoms with van der Waals surface area (Å²) < 4.78 is 1.69. The van der Waals surface area contributed by atoms with Crippen LogP contribution in [0.15, 0.2) is 30.5 Å². The molecule has 2 heterocycles. The van der Waals surface area contributed by atoms with E-state index in [-0.39, 0.29) is 17.9 Å². The molecule has 1 aromatic carbocycles. The van der Waals surface area contributed by atoms with E-state index in [0.717, 1.165) is 30.5 Å². The Balaban J connectivity index is 1.64. The Morgan fingerprint density at radius 3 is 2.43 bits per heavy atom. The number of nitrogens with one attached hydrogen (secondary N) is 1. The van der Waals surface area contributed by atoms with E-state index in [9.17, 15) is 9.59 Å². The SMILES string of the molecule is CNC(=O)c1cn(C)nc1CC1CCN(C(=O)C(c2ccc(Cl)cc2)N(C)C)CC1. The fourth-order valence-electron chi connectivity index (χ4n) is 4.12. The van der Waals surface area contributed by atoms with Gasteiger partial charge in [-0.25, -0.2) is 0 Å². The normalized spacial score (nSPS) is 16.0. The summed E-state index contributed by atoms with van der Waals surface area (Å²) in [4.78, 5) is 29.3. The van der Waals surface area contributed by atoms with Crippen molar-refractivity contribution in [3.05, 3.63) is 52.3 Å². The summed E-state index contributed by atoms with van der Waals surface area (Å²) >= 11 is 6.01. The molecule has 2 amide bonds. The number of likely N-dealkylation sites (N-methyl/N-ethyl adjacent to an activating group) is 1. The average molecular weight is 432 g/mol. The molecule has 0 bridgehead atoms. The van der Waals surface area contributed by atoms with Crippen LogP contribution in [0, 0.1) is 5.92 Å². The van der Waals surface area contributed by atoms with Gasteiger partial charge in [0.15, 0.2) is 0 Å². The molecule has 162 valence electrons. The first-order valence-corrected chi connectivity index (χ1v) is 10.6. The molecule has 0 aliphatic carbocycles. The lowest BCUT2D eigenvalue weighted by Gasteiger charge is -2.36. The highest BCUT2D eigenvalue weighted by Gasteiger charge is 2.31. The van der Waals surface area contributed by atoms with Crippen LogP contribution in [-0.4, -0.2) is 65.6 Å². The second kappa shape index (κ2) is 9.62. The van der Waals surface area contributed by atoms with Crippen molar-refractivity contribution >= 4 is 23.4 Å². The number of likely N-dealkylation sites (tertiary alicyclic amines) is 1. The fraction of sp³-hybridized carbons (Fsp3) is 0.500. The van der Waals surface area contributed by atoms with E-state index < -0.39 is 0 Å². The Kier molecular flexibility index (Phi) is 7.15. The van der Waals surface area contributed by atoms with Crippen molar-refractivity contribution in [3.63, 3.8) is 0 Å².